The maximum absolute atomic E-state index is 10.6. The molecule has 1 aromatic carbocycles. The van der Waals surface area contributed by atoms with Crippen LogP contribution in [0.5, 0.6) is 0 Å². The molecule has 0 saturated heterocycles. The lowest BCUT2D eigenvalue weighted by Gasteiger charge is -2.06. The molecule has 13 heavy (non-hydrogen) atoms. The molecule has 0 saturated carbocycles. The number of aldehydes is 1. The van der Waals surface area contributed by atoms with E-state index in [0.717, 1.165) is 18.3 Å². The van der Waals surface area contributed by atoms with E-state index in [-0.39, 0.29) is 0 Å². The molecule has 70 valence electrons. The van der Waals surface area contributed by atoms with Crippen molar-refractivity contribution in [3.63, 3.8) is 0 Å². The van der Waals surface area contributed by atoms with Crippen LogP contribution >= 0.6 is 0 Å². The Morgan fingerprint density at radius 2 is 2.00 bits per heavy atom. The zero-order valence-electron chi connectivity index (χ0n) is 8.50. The second-order valence-electron chi connectivity index (χ2n) is 3.97. The van der Waals surface area contributed by atoms with E-state index >= 15 is 0 Å². The molecule has 0 aliphatic carbocycles. The van der Waals surface area contributed by atoms with Gasteiger partial charge in [-0.3, -0.25) is 4.79 Å². The third-order valence-electron chi connectivity index (χ3n) is 1.94. The molecule has 0 unspecified atom stereocenters. The van der Waals surface area contributed by atoms with Crippen molar-refractivity contribution in [1.82, 2.24) is 0 Å². The Morgan fingerprint density at radius 1 is 1.31 bits per heavy atom. The lowest BCUT2D eigenvalue weighted by molar-refractivity contribution is 0.112. The first-order valence-corrected chi connectivity index (χ1v) is 4.67. The summed E-state index contributed by atoms with van der Waals surface area (Å²) in [5.41, 5.74) is 3.22. The van der Waals surface area contributed by atoms with Crippen LogP contribution < -0.4 is 0 Å². The van der Waals surface area contributed by atoms with Gasteiger partial charge in [-0.05, 0) is 37.0 Å². The molecule has 0 N–H and O–H groups in total. The van der Waals surface area contributed by atoms with E-state index in [1.807, 2.05) is 19.1 Å². The van der Waals surface area contributed by atoms with Crippen LogP contribution in [-0.2, 0) is 6.42 Å². The highest BCUT2D eigenvalue weighted by molar-refractivity contribution is 5.75. The summed E-state index contributed by atoms with van der Waals surface area (Å²) < 4.78 is 0. The minimum Gasteiger partial charge on any atom is -0.298 e. The molecule has 0 aromatic heterocycles. The fourth-order valence-corrected chi connectivity index (χ4v) is 1.55. The Balaban J connectivity index is 2.94. The first-order valence-electron chi connectivity index (χ1n) is 4.67. The van der Waals surface area contributed by atoms with Crippen LogP contribution in [0.1, 0.15) is 35.3 Å². The van der Waals surface area contributed by atoms with Crippen LogP contribution in [0.15, 0.2) is 18.2 Å². The summed E-state index contributed by atoms with van der Waals surface area (Å²) in [5, 5.41) is 0. The van der Waals surface area contributed by atoms with Crippen LogP contribution in [-0.4, -0.2) is 6.29 Å². The van der Waals surface area contributed by atoms with Crippen LogP contribution in [0.3, 0.4) is 0 Å². The largest absolute Gasteiger partial charge is 0.298 e. The lowest BCUT2D eigenvalue weighted by atomic mass is 9.99. The van der Waals surface area contributed by atoms with Gasteiger partial charge >= 0.3 is 0 Å². The maximum Gasteiger partial charge on any atom is 0.150 e. The normalized spacial score (nSPS) is 10.5. The molecule has 1 aromatic rings. The Hall–Kier alpha value is -1.11. The van der Waals surface area contributed by atoms with Crippen molar-refractivity contribution < 1.29 is 4.79 Å². The number of carbonyl (C=O) groups is 1. The number of rotatable bonds is 3. The first-order chi connectivity index (χ1) is 6.11. The summed E-state index contributed by atoms with van der Waals surface area (Å²) in [6.07, 6.45) is 1.96. The third kappa shape index (κ3) is 3.02. The molecule has 0 aliphatic heterocycles. The van der Waals surface area contributed by atoms with Gasteiger partial charge < -0.3 is 0 Å². The molecular weight excluding hydrogens is 160 g/mol. The minimum absolute atomic E-state index is 0.640. The Bertz CT molecular complexity index is 300. The number of aryl methyl sites for hydroxylation is 1. The summed E-state index contributed by atoms with van der Waals surface area (Å²) in [6, 6.07) is 6.03. The standard InChI is InChI=1S/C12H16O/c1-9(2)4-11-5-10(3)6-12(7-11)8-13/h5-9H,4H2,1-3H3. The molecule has 1 rings (SSSR count). The van der Waals surface area contributed by atoms with Gasteiger partial charge in [0.15, 0.2) is 0 Å². The van der Waals surface area contributed by atoms with Gasteiger partial charge in [0.1, 0.15) is 6.29 Å². The fraction of sp³-hybridized carbons (Fsp3) is 0.417. The molecule has 1 heteroatoms. The monoisotopic (exact) mass is 176 g/mol. The Kier molecular flexibility index (Phi) is 3.24. The van der Waals surface area contributed by atoms with Crippen LogP contribution in [0, 0.1) is 12.8 Å². The average Bonchev–Trinajstić information content (AvgIpc) is 2.01. The highest BCUT2D eigenvalue weighted by atomic mass is 16.1. The smallest absolute Gasteiger partial charge is 0.150 e. The number of carbonyl (C=O) groups excluding carboxylic acids is 1. The van der Waals surface area contributed by atoms with Crippen LogP contribution in [0.4, 0.5) is 0 Å². The predicted molar refractivity (Wildman–Crippen MR) is 55.1 cm³/mol. The van der Waals surface area contributed by atoms with Crippen molar-refractivity contribution in [2.45, 2.75) is 27.2 Å². The fourth-order valence-electron chi connectivity index (χ4n) is 1.55. The van der Waals surface area contributed by atoms with Gasteiger partial charge in [0, 0.05) is 5.56 Å². The minimum atomic E-state index is 0.640. The highest BCUT2D eigenvalue weighted by Crippen LogP contribution is 2.12. The lowest BCUT2D eigenvalue weighted by Crippen LogP contribution is -1.96. The molecule has 0 bridgehead atoms. The highest BCUT2D eigenvalue weighted by Gasteiger charge is 2.00. The van der Waals surface area contributed by atoms with Gasteiger partial charge in [-0.15, -0.1) is 0 Å². The van der Waals surface area contributed by atoms with E-state index in [4.69, 9.17) is 0 Å². The second-order valence-corrected chi connectivity index (χ2v) is 3.97. The predicted octanol–water partition coefficient (Wildman–Crippen LogP) is 3.01. The first kappa shape index (κ1) is 9.97. The van der Waals surface area contributed by atoms with Crippen LogP contribution in [0.2, 0.25) is 0 Å². The Labute approximate surface area is 79.8 Å². The maximum atomic E-state index is 10.6. The van der Waals surface area contributed by atoms with E-state index in [2.05, 4.69) is 19.9 Å². The molecule has 0 heterocycles. The summed E-state index contributed by atoms with van der Waals surface area (Å²) in [4.78, 5) is 10.6. The molecule has 0 radical (unpaired) electrons. The van der Waals surface area contributed by atoms with E-state index in [9.17, 15) is 4.79 Å². The average molecular weight is 176 g/mol. The van der Waals surface area contributed by atoms with E-state index in [1.54, 1.807) is 0 Å². The number of hydrogen-bond donors (Lipinski definition) is 0. The Morgan fingerprint density at radius 3 is 2.54 bits per heavy atom. The van der Waals surface area contributed by atoms with Crippen molar-refractivity contribution in [3.05, 3.63) is 34.9 Å². The van der Waals surface area contributed by atoms with E-state index in [0.29, 0.717) is 5.92 Å². The molecule has 0 aliphatic rings. The van der Waals surface area contributed by atoms with Crippen molar-refractivity contribution >= 4 is 6.29 Å². The van der Waals surface area contributed by atoms with Gasteiger partial charge in [-0.25, -0.2) is 0 Å². The zero-order valence-corrected chi connectivity index (χ0v) is 8.50. The molecule has 1 nitrogen and oxygen atoms in total. The second kappa shape index (κ2) is 4.22. The summed E-state index contributed by atoms with van der Waals surface area (Å²) >= 11 is 0. The quantitative estimate of drug-likeness (QED) is 0.647. The SMILES string of the molecule is Cc1cc(C=O)cc(CC(C)C)c1. The number of hydrogen-bond acceptors (Lipinski definition) is 1. The topological polar surface area (TPSA) is 17.1 Å². The van der Waals surface area contributed by atoms with Gasteiger partial charge in [0.25, 0.3) is 0 Å². The van der Waals surface area contributed by atoms with Crippen molar-refractivity contribution in [2.75, 3.05) is 0 Å². The van der Waals surface area contributed by atoms with Crippen LogP contribution in [0.25, 0.3) is 0 Å². The van der Waals surface area contributed by atoms with Crippen molar-refractivity contribution in [2.24, 2.45) is 5.92 Å². The molecule has 0 spiro atoms. The van der Waals surface area contributed by atoms with Gasteiger partial charge in [-0.1, -0.05) is 25.5 Å². The van der Waals surface area contributed by atoms with Crippen molar-refractivity contribution in [1.29, 1.82) is 0 Å². The van der Waals surface area contributed by atoms with Crippen molar-refractivity contribution in [3.8, 4) is 0 Å². The molecule has 0 fully saturated rings. The van der Waals surface area contributed by atoms with Gasteiger partial charge in [-0.2, -0.15) is 0 Å². The summed E-state index contributed by atoms with van der Waals surface area (Å²) in [6.45, 7) is 6.39. The van der Waals surface area contributed by atoms with E-state index in [1.165, 1.54) is 11.1 Å². The number of benzene rings is 1. The van der Waals surface area contributed by atoms with Gasteiger partial charge in [0.2, 0.25) is 0 Å². The summed E-state index contributed by atoms with van der Waals surface area (Å²) in [7, 11) is 0. The molecular formula is C12H16O. The molecule has 0 amide bonds. The summed E-state index contributed by atoms with van der Waals surface area (Å²) in [5.74, 6) is 0.640. The van der Waals surface area contributed by atoms with Gasteiger partial charge in [0.05, 0.1) is 0 Å². The molecule has 0 atom stereocenters. The van der Waals surface area contributed by atoms with E-state index < -0.39 is 0 Å². The third-order valence-corrected chi connectivity index (χ3v) is 1.94. The zero-order chi connectivity index (χ0) is 9.84.